The second-order valence-electron chi connectivity index (χ2n) is 3.18. The minimum absolute atomic E-state index is 0. The highest BCUT2D eigenvalue weighted by atomic mass is 19.0. The van der Waals surface area contributed by atoms with Crippen LogP contribution in [-0.4, -0.2) is 6.04 Å². The van der Waals surface area contributed by atoms with Gasteiger partial charge >= 0.3 is 0 Å². The maximum atomic E-state index is 5.79. The molecule has 0 bridgehead atoms. The summed E-state index contributed by atoms with van der Waals surface area (Å²) in [6.07, 6.45) is 3.57. The molecule has 0 heterocycles. The molecule has 64 valence electrons. The van der Waals surface area contributed by atoms with E-state index in [0.717, 1.165) is 5.92 Å². The van der Waals surface area contributed by atoms with Gasteiger partial charge in [-0.3, -0.25) is 4.70 Å². The number of hydrogen-bond donors (Lipinski definition) is 1. The van der Waals surface area contributed by atoms with Crippen molar-refractivity contribution in [1.82, 2.24) is 0 Å². The maximum Gasteiger partial charge on any atom is 0.00411 e. The zero-order valence-corrected chi connectivity index (χ0v) is 7.26. The average molecular weight is 149 g/mol. The minimum atomic E-state index is 0. The van der Waals surface area contributed by atoms with E-state index in [1.165, 1.54) is 19.3 Å². The smallest absolute Gasteiger partial charge is 0.00411 e. The molecule has 2 N–H and O–H groups in total. The van der Waals surface area contributed by atoms with Crippen molar-refractivity contribution in [3.05, 3.63) is 0 Å². The number of hydrogen-bond acceptors (Lipinski definition) is 1. The topological polar surface area (TPSA) is 26.0 Å². The monoisotopic (exact) mass is 149 g/mol. The summed E-state index contributed by atoms with van der Waals surface area (Å²) in [6.45, 7) is 6.62. The van der Waals surface area contributed by atoms with Gasteiger partial charge in [0.2, 0.25) is 0 Å². The highest BCUT2D eigenvalue weighted by Crippen LogP contribution is 2.06. The summed E-state index contributed by atoms with van der Waals surface area (Å²) in [4.78, 5) is 0. The van der Waals surface area contributed by atoms with Gasteiger partial charge in [0.1, 0.15) is 0 Å². The summed E-state index contributed by atoms with van der Waals surface area (Å²) in [7, 11) is 0. The first-order valence-corrected chi connectivity index (χ1v) is 3.92. The predicted octanol–water partition coefficient (Wildman–Crippen LogP) is 2.31. The predicted molar refractivity (Wildman–Crippen MR) is 44.8 cm³/mol. The SMILES string of the molecule is CCC[C@@H](N)CC(C)C.F. The van der Waals surface area contributed by atoms with Crippen molar-refractivity contribution in [3.8, 4) is 0 Å². The number of halogens is 1. The molecule has 0 aromatic heterocycles. The largest absolute Gasteiger partial charge is 0.328 e. The molecule has 0 saturated heterocycles. The van der Waals surface area contributed by atoms with Gasteiger partial charge in [0.05, 0.1) is 0 Å². The van der Waals surface area contributed by atoms with Crippen molar-refractivity contribution >= 4 is 0 Å². The van der Waals surface area contributed by atoms with Crippen molar-refractivity contribution in [3.63, 3.8) is 0 Å². The van der Waals surface area contributed by atoms with E-state index in [2.05, 4.69) is 20.8 Å². The van der Waals surface area contributed by atoms with Crippen LogP contribution in [0.1, 0.15) is 40.0 Å². The minimum Gasteiger partial charge on any atom is -0.328 e. The lowest BCUT2D eigenvalue weighted by atomic mass is 10.0. The van der Waals surface area contributed by atoms with Crippen LogP contribution in [0.15, 0.2) is 0 Å². The Bertz CT molecular complexity index is 64.3. The van der Waals surface area contributed by atoms with E-state index in [4.69, 9.17) is 5.73 Å². The van der Waals surface area contributed by atoms with Crippen molar-refractivity contribution in [2.75, 3.05) is 0 Å². The van der Waals surface area contributed by atoms with Gasteiger partial charge in [-0.25, -0.2) is 0 Å². The van der Waals surface area contributed by atoms with Gasteiger partial charge in [-0.2, -0.15) is 0 Å². The van der Waals surface area contributed by atoms with Gasteiger partial charge in [-0.15, -0.1) is 0 Å². The molecule has 0 radical (unpaired) electrons. The van der Waals surface area contributed by atoms with Gasteiger partial charge < -0.3 is 5.73 Å². The van der Waals surface area contributed by atoms with Crippen LogP contribution in [-0.2, 0) is 0 Å². The number of nitrogens with two attached hydrogens (primary N) is 1. The van der Waals surface area contributed by atoms with E-state index in [0.29, 0.717) is 6.04 Å². The average Bonchev–Trinajstić information content (AvgIpc) is 1.63. The first-order chi connectivity index (χ1) is 4.16. The molecule has 0 rings (SSSR count). The van der Waals surface area contributed by atoms with E-state index >= 15 is 0 Å². The second-order valence-corrected chi connectivity index (χ2v) is 3.18. The van der Waals surface area contributed by atoms with Gasteiger partial charge in [0.25, 0.3) is 0 Å². The van der Waals surface area contributed by atoms with Crippen LogP contribution in [0.5, 0.6) is 0 Å². The molecule has 0 fully saturated rings. The normalized spacial score (nSPS) is 12.9. The lowest BCUT2D eigenvalue weighted by molar-refractivity contribution is 0.470. The molecule has 0 aromatic rings. The summed E-state index contributed by atoms with van der Waals surface area (Å²) in [5, 5.41) is 0. The third-order valence-corrected chi connectivity index (χ3v) is 1.43. The maximum absolute atomic E-state index is 5.79. The zero-order valence-electron chi connectivity index (χ0n) is 7.26. The van der Waals surface area contributed by atoms with Crippen LogP contribution in [0.3, 0.4) is 0 Å². The standard InChI is InChI=1S/C8H19N.FH/c1-4-5-8(9)6-7(2)3;/h7-8H,4-6,9H2,1-3H3;1H/t8-;/m1./s1. The highest BCUT2D eigenvalue weighted by molar-refractivity contribution is 4.61. The Labute approximate surface area is 63.4 Å². The Balaban J connectivity index is 0. The summed E-state index contributed by atoms with van der Waals surface area (Å²) in [5.41, 5.74) is 5.79. The summed E-state index contributed by atoms with van der Waals surface area (Å²) >= 11 is 0. The van der Waals surface area contributed by atoms with Crippen molar-refractivity contribution < 1.29 is 4.70 Å². The van der Waals surface area contributed by atoms with Gasteiger partial charge in [0.15, 0.2) is 0 Å². The number of rotatable bonds is 4. The van der Waals surface area contributed by atoms with Crippen molar-refractivity contribution in [2.24, 2.45) is 11.7 Å². The zero-order chi connectivity index (χ0) is 7.28. The molecule has 0 aliphatic carbocycles. The third kappa shape index (κ3) is 7.89. The van der Waals surface area contributed by atoms with Crippen LogP contribution in [0.25, 0.3) is 0 Å². The molecule has 1 nitrogen and oxygen atoms in total. The third-order valence-electron chi connectivity index (χ3n) is 1.43. The Hall–Kier alpha value is -0.110. The first-order valence-electron chi connectivity index (χ1n) is 3.92. The molecule has 0 spiro atoms. The first kappa shape index (κ1) is 12.6. The molecule has 0 unspecified atom stereocenters. The van der Waals surface area contributed by atoms with E-state index < -0.39 is 0 Å². The highest BCUT2D eigenvalue weighted by Gasteiger charge is 2.02. The van der Waals surface area contributed by atoms with Crippen LogP contribution >= 0.6 is 0 Å². The Morgan fingerprint density at radius 3 is 2.10 bits per heavy atom. The summed E-state index contributed by atoms with van der Waals surface area (Å²) in [6, 6.07) is 0.440. The van der Waals surface area contributed by atoms with Crippen LogP contribution in [0.2, 0.25) is 0 Å². The molecule has 0 aliphatic heterocycles. The Morgan fingerprint density at radius 2 is 1.80 bits per heavy atom. The molecule has 2 heteroatoms. The van der Waals surface area contributed by atoms with Gasteiger partial charge in [-0.1, -0.05) is 27.2 Å². The summed E-state index contributed by atoms with van der Waals surface area (Å²) in [5.74, 6) is 0.756. The van der Waals surface area contributed by atoms with E-state index in [-0.39, 0.29) is 4.70 Å². The van der Waals surface area contributed by atoms with Gasteiger partial charge in [0, 0.05) is 6.04 Å². The van der Waals surface area contributed by atoms with E-state index in [9.17, 15) is 0 Å². The fourth-order valence-electron chi connectivity index (χ4n) is 1.09. The Morgan fingerprint density at radius 1 is 1.30 bits per heavy atom. The second kappa shape index (κ2) is 7.00. The lowest BCUT2D eigenvalue weighted by Crippen LogP contribution is -2.21. The molecular formula is C8H20FN. The van der Waals surface area contributed by atoms with Crippen LogP contribution in [0.4, 0.5) is 4.70 Å². The fraction of sp³-hybridized carbons (Fsp3) is 1.00. The fourth-order valence-corrected chi connectivity index (χ4v) is 1.09. The quantitative estimate of drug-likeness (QED) is 0.652. The van der Waals surface area contributed by atoms with E-state index in [1.807, 2.05) is 0 Å². The lowest BCUT2D eigenvalue weighted by Gasteiger charge is -2.11. The Kier molecular flexibility index (Phi) is 8.79. The summed E-state index contributed by atoms with van der Waals surface area (Å²) < 4.78 is 0. The molecule has 1 atom stereocenters. The molecule has 0 saturated carbocycles. The molecule has 0 aromatic carbocycles. The molecular weight excluding hydrogens is 129 g/mol. The van der Waals surface area contributed by atoms with E-state index in [1.54, 1.807) is 0 Å². The van der Waals surface area contributed by atoms with Crippen LogP contribution in [0, 0.1) is 5.92 Å². The molecule has 0 amide bonds. The van der Waals surface area contributed by atoms with Crippen LogP contribution < -0.4 is 5.73 Å². The van der Waals surface area contributed by atoms with Crippen molar-refractivity contribution in [1.29, 1.82) is 0 Å². The van der Waals surface area contributed by atoms with Crippen molar-refractivity contribution in [2.45, 2.75) is 46.1 Å². The van der Waals surface area contributed by atoms with Gasteiger partial charge in [-0.05, 0) is 18.8 Å². The molecule has 0 aliphatic rings. The molecule has 10 heavy (non-hydrogen) atoms.